The molecular weight excluding hydrogens is 689 g/mol. The van der Waals surface area contributed by atoms with Gasteiger partial charge in [0.05, 0.1) is 26.5 Å². The smallest absolute Gasteiger partial charge is 0.306 e. The number of rotatable bonds is 11. The van der Waals surface area contributed by atoms with Gasteiger partial charge in [0, 0.05) is 32.2 Å². The molecular formula is C29H38Cl3N3O6S3. The molecule has 1 aromatic carbocycles. The molecule has 3 fully saturated rings. The lowest BCUT2D eigenvalue weighted by Crippen LogP contribution is -2.38. The van der Waals surface area contributed by atoms with Gasteiger partial charge in [0.25, 0.3) is 10.0 Å². The summed E-state index contributed by atoms with van der Waals surface area (Å²) < 4.78 is 56.4. The highest BCUT2D eigenvalue weighted by Gasteiger charge is 2.34. The first-order valence-corrected chi connectivity index (χ1v) is 20.0. The molecule has 0 bridgehead atoms. The summed E-state index contributed by atoms with van der Waals surface area (Å²) in [6, 6.07) is 5.86. The average molecular weight is 727 g/mol. The molecule has 2 atom stereocenters. The fraction of sp³-hybridized carbons (Fsp3) is 0.621. The molecule has 15 heteroatoms. The van der Waals surface area contributed by atoms with E-state index in [0.717, 1.165) is 75.1 Å². The SMILES string of the molecule is O=C(O)C1CCC(NS(=O)(=O)c2ccc(N3CCC(CCCC4CCN(S(=O)(=O)c5cc(Cl)c(Cl)s5)CC4)CC3)c(Cl)c2)C1. The average Bonchev–Trinajstić information content (AvgIpc) is 3.59. The third-order valence-corrected chi connectivity index (χ3v) is 15.3. The van der Waals surface area contributed by atoms with Crippen molar-refractivity contribution in [2.45, 2.75) is 79.4 Å². The number of hydrogen-bond acceptors (Lipinski definition) is 7. The van der Waals surface area contributed by atoms with E-state index in [9.17, 15) is 26.7 Å². The van der Waals surface area contributed by atoms with Crippen molar-refractivity contribution in [3.63, 3.8) is 0 Å². The van der Waals surface area contributed by atoms with E-state index in [1.165, 1.54) is 12.1 Å². The maximum atomic E-state index is 12.9. The summed E-state index contributed by atoms with van der Waals surface area (Å²) in [6.45, 7) is 2.73. The lowest BCUT2D eigenvalue weighted by molar-refractivity contribution is -0.141. The van der Waals surface area contributed by atoms with Crippen LogP contribution in [0.25, 0.3) is 0 Å². The molecule has 1 saturated carbocycles. The van der Waals surface area contributed by atoms with Gasteiger partial charge in [-0.3, -0.25) is 4.79 Å². The van der Waals surface area contributed by atoms with Crippen LogP contribution in [0.1, 0.15) is 64.2 Å². The number of aliphatic carboxylic acids is 1. The van der Waals surface area contributed by atoms with Crippen molar-refractivity contribution in [2.24, 2.45) is 17.8 Å². The summed E-state index contributed by atoms with van der Waals surface area (Å²) in [5.41, 5.74) is 0.824. The van der Waals surface area contributed by atoms with Crippen molar-refractivity contribution in [3.8, 4) is 0 Å². The number of carboxylic acid groups (broad SMARTS) is 1. The van der Waals surface area contributed by atoms with Gasteiger partial charge in [-0.25, -0.2) is 21.6 Å². The van der Waals surface area contributed by atoms with Gasteiger partial charge < -0.3 is 10.0 Å². The quantitative estimate of drug-likeness (QED) is 0.263. The van der Waals surface area contributed by atoms with Crippen LogP contribution in [0.4, 0.5) is 5.69 Å². The number of nitrogens with one attached hydrogen (secondary N) is 1. The number of carboxylic acids is 1. The van der Waals surface area contributed by atoms with E-state index < -0.39 is 31.9 Å². The van der Waals surface area contributed by atoms with Crippen LogP contribution < -0.4 is 9.62 Å². The number of nitrogens with zero attached hydrogens (tertiary/aromatic N) is 2. The number of anilines is 1. The van der Waals surface area contributed by atoms with Crippen LogP contribution in [0.3, 0.4) is 0 Å². The molecule has 2 unspecified atom stereocenters. The molecule has 244 valence electrons. The normalized spacial score (nSPS) is 22.9. The molecule has 9 nitrogen and oxygen atoms in total. The van der Waals surface area contributed by atoms with E-state index in [2.05, 4.69) is 9.62 Å². The molecule has 0 spiro atoms. The zero-order valence-corrected chi connectivity index (χ0v) is 29.0. The Labute approximate surface area is 279 Å². The third-order valence-electron chi connectivity index (χ3n) is 9.30. The second-order valence-corrected chi connectivity index (χ2v) is 18.5. The monoisotopic (exact) mass is 725 g/mol. The van der Waals surface area contributed by atoms with Crippen LogP contribution in [-0.4, -0.2) is 64.4 Å². The van der Waals surface area contributed by atoms with E-state index in [1.807, 2.05) is 0 Å². The summed E-state index contributed by atoms with van der Waals surface area (Å²) in [5.74, 6) is -0.266. The first-order chi connectivity index (χ1) is 20.8. The Bertz CT molecular complexity index is 1530. The minimum absolute atomic E-state index is 0.0867. The van der Waals surface area contributed by atoms with Gasteiger partial charge >= 0.3 is 5.97 Å². The highest BCUT2D eigenvalue weighted by Crippen LogP contribution is 2.38. The van der Waals surface area contributed by atoms with Crippen molar-refractivity contribution in [1.82, 2.24) is 9.03 Å². The number of hydrogen-bond donors (Lipinski definition) is 2. The predicted octanol–water partition coefficient (Wildman–Crippen LogP) is 6.73. The Balaban J connectivity index is 1.04. The molecule has 0 amide bonds. The molecule has 44 heavy (non-hydrogen) atoms. The third kappa shape index (κ3) is 8.05. The van der Waals surface area contributed by atoms with Crippen LogP contribution in [0.15, 0.2) is 33.4 Å². The number of halogens is 3. The van der Waals surface area contributed by atoms with E-state index >= 15 is 0 Å². The Hall–Kier alpha value is -1.12. The summed E-state index contributed by atoms with van der Waals surface area (Å²) in [4.78, 5) is 13.5. The number of thiophene rings is 1. The van der Waals surface area contributed by atoms with Crippen LogP contribution in [-0.2, 0) is 24.8 Å². The summed E-state index contributed by atoms with van der Waals surface area (Å²) in [5, 5.41) is 9.86. The van der Waals surface area contributed by atoms with Crippen molar-refractivity contribution in [1.29, 1.82) is 0 Å². The summed E-state index contributed by atoms with van der Waals surface area (Å²) in [6.07, 6.45) is 8.39. The lowest BCUT2D eigenvalue weighted by Gasteiger charge is -2.35. The largest absolute Gasteiger partial charge is 0.481 e. The lowest BCUT2D eigenvalue weighted by atomic mass is 9.87. The maximum Gasteiger partial charge on any atom is 0.306 e. The highest BCUT2D eigenvalue weighted by atomic mass is 35.5. The molecule has 2 saturated heterocycles. The zero-order valence-electron chi connectivity index (χ0n) is 24.3. The topological polar surface area (TPSA) is 124 Å². The van der Waals surface area contributed by atoms with Crippen molar-refractivity contribution >= 4 is 77.8 Å². The van der Waals surface area contributed by atoms with Gasteiger partial charge in [-0.05, 0) is 81.0 Å². The fourth-order valence-electron chi connectivity index (χ4n) is 6.69. The molecule has 1 aromatic heterocycles. The van der Waals surface area contributed by atoms with E-state index in [4.69, 9.17) is 34.8 Å². The van der Waals surface area contributed by atoms with E-state index in [1.54, 1.807) is 16.4 Å². The van der Waals surface area contributed by atoms with Crippen molar-refractivity contribution < 1.29 is 26.7 Å². The molecule has 5 rings (SSSR count). The van der Waals surface area contributed by atoms with E-state index in [-0.39, 0.29) is 20.2 Å². The number of carbonyl (C=O) groups is 1. The fourth-order valence-corrected chi connectivity index (χ4v) is 11.9. The van der Waals surface area contributed by atoms with Crippen LogP contribution >= 0.6 is 46.1 Å². The summed E-state index contributed by atoms with van der Waals surface area (Å²) >= 11 is 19.5. The van der Waals surface area contributed by atoms with Gasteiger partial charge in [0.2, 0.25) is 10.0 Å². The van der Waals surface area contributed by atoms with Gasteiger partial charge in [0.1, 0.15) is 8.55 Å². The van der Waals surface area contributed by atoms with Gasteiger partial charge in [-0.15, -0.1) is 11.3 Å². The highest BCUT2D eigenvalue weighted by molar-refractivity contribution is 7.91. The molecule has 0 radical (unpaired) electrons. The van der Waals surface area contributed by atoms with Crippen molar-refractivity contribution in [2.75, 3.05) is 31.1 Å². The number of benzene rings is 1. The standard InChI is InChI=1S/C29H38Cl3N3O6S3/c30-24-17-23(43(38,39)33-22-5-4-21(16-22)29(36)37)6-7-26(24)34-12-8-19(9-13-34)2-1-3-20-10-14-35(15-11-20)44(40,41)27-18-25(31)28(32)42-27/h6-7,17-22,33H,1-5,8-16H2,(H,36,37). The van der Waals surface area contributed by atoms with E-state index in [0.29, 0.717) is 53.5 Å². The first-order valence-electron chi connectivity index (χ1n) is 15.1. The van der Waals surface area contributed by atoms with Crippen LogP contribution in [0.2, 0.25) is 14.4 Å². The van der Waals surface area contributed by atoms with Crippen LogP contribution in [0, 0.1) is 17.8 Å². The van der Waals surface area contributed by atoms with Gasteiger partial charge in [0.15, 0.2) is 0 Å². The molecule has 3 aliphatic rings. The zero-order chi connectivity index (χ0) is 31.6. The minimum Gasteiger partial charge on any atom is -0.481 e. The Morgan fingerprint density at radius 2 is 1.52 bits per heavy atom. The molecule has 2 aromatic rings. The summed E-state index contributed by atoms with van der Waals surface area (Å²) in [7, 11) is -7.36. The van der Waals surface area contributed by atoms with Crippen molar-refractivity contribution in [3.05, 3.63) is 38.6 Å². The Morgan fingerprint density at radius 1 is 0.886 bits per heavy atom. The second kappa shape index (κ2) is 14.3. The second-order valence-electron chi connectivity index (χ2n) is 12.2. The molecule has 2 aliphatic heterocycles. The predicted molar refractivity (Wildman–Crippen MR) is 175 cm³/mol. The minimum atomic E-state index is -3.80. The van der Waals surface area contributed by atoms with Gasteiger partial charge in [-0.2, -0.15) is 4.31 Å². The van der Waals surface area contributed by atoms with Gasteiger partial charge in [-0.1, -0.05) is 54.1 Å². The molecule has 3 heterocycles. The number of piperidine rings is 2. The Morgan fingerprint density at radius 3 is 2.07 bits per heavy atom. The number of sulfonamides is 2. The molecule has 1 aliphatic carbocycles. The van der Waals surface area contributed by atoms with Crippen LogP contribution in [0.5, 0.6) is 0 Å². The molecule has 2 N–H and O–H groups in total. The first kappa shape index (κ1) is 34.2. The maximum absolute atomic E-state index is 12.9. The Kier molecular flexibility index (Phi) is 11.1.